The number of non-ortho nitro benzene ring substituents is 1. The Balaban J connectivity index is 2.02. The second kappa shape index (κ2) is 11.6. The van der Waals surface area contributed by atoms with Gasteiger partial charge in [0.1, 0.15) is 18.2 Å². The maximum Gasteiger partial charge on any atom is 0.305 e. The smallest absolute Gasteiger partial charge is 0.305 e. The van der Waals surface area contributed by atoms with E-state index in [9.17, 15) is 28.9 Å². The van der Waals surface area contributed by atoms with Gasteiger partial charge in [0.15, 0.2) is 5.78 Å². The predicted molar refractivity (Wildman–Crippen MR) is 123 cm³/mol. The first-order chi connectivity index (χ1) is 16.8. The summed E-state index contributed by atoms with van der Waals surface area (Å²) < 4.78 is 18.1. The Morgan fingerprint density at radius 1 is 1.29 bits per heavy atom. The molecule has 1 aliphatic rings. The topological polar surface area (TPSA) is 155 Å². The van der Waals surface area contributed by atoms with Gasteiger partial charge < -0.3 is 20.1 Å². The van der Waals surface area contributed by atoms with E-state index in [1.165, 1.54) is 12.1 Å². The van der Waals surface area contributed by atoms with Gasteiger partial charge in [0, 0.05) is 57.5 Å². The molecule has 188 valence electrons. The highest BCUT2D eigenvalue weighted by atomic mass is 19.1. The molecule has 2 aromatic rings. The lowest BCUT2D eigenvalue weighted by atomic mass is 10.0. The monoisotopic (exact) mass is 491 g/mol. The summed E-state index contributed by atoms with van der Waals surface area (Å²) >= 11 is 0. The molecule has 1 unspecified atom stereocenters. The number of hydrogen-bond donors (Lipinski definition) is 2. The van der Waals surface area contributed by atoms with E-state index in [2.05, 4.69) is 15.2 Å². The van der Waals surface area contributed by atoms with Crippen LogP contribution in [0.15, 0.2) is 24.4 Å². The molecule has 0 radical (unpaired) electrons. The number of amides is 1. The molecular formula is C22H26FN5O7. The number of nitro benzene ring substituents is 1. The maximum absolute atomic E-state index is 13.2. The van der Waals surface area contributed by atoms with Crippen molar-refractivity contribution in [2.75, 3.05) is 58.0 Å². The van der Waals surface area contributed by atoms with Crippen molar-refractivity contribution in [1.29, 1.82) is 0 Å². The van der Waals surface area contributed by atoms with E-state index < -0.39 is 41.7 Å². The number of alkyl halides is 1. The summed E-state index contributed by atoms with van der Waals surface area (Å²) in [4.78, 5) is 55.4. The summed E-state index contributed by atoms with van der Waals surface area (Å²) in [5.74, 6) is -3.27. The van der Waals surface area contributed by atoms with Crippen LogP contribution in [0.1, 0.15) is 16.8 Å². The number of hydrogen-bond acceptors (Lipinski definition) is 9. The first kappa shape index (κ1) is 25.9. The van der Waals surface area contributed by atoms with Crippen molar-refractivity contribution in [2.24, 2.45) is 0 Å². The second-order valence-electron chi connectivity index (χ2n) is 8.00. The van der Waals surface area contributed by atoms with Crippen molar-refractivity contribution in [1.82, 2.24) is 15.2 Å². The van der Waals surface area contributed by atoms with E-state index in [1.54, 1.807) is 13.2 Å². The molecule has 0 spiro atoms. The fourth-order valence-electron chi connectivity index (χ4n) is 4.01. The number of Topliss-reactive ketones (excluding diaryl/α,β-unsaturated/α-hetero) is 1. The van der Waals surface area contributed by atoms with E-state index in [0.29, 0.717) is 43.9 Å². The highest BCUT2D eigenvalue weighted by Gasteiger charge is 2.29. The average Bonchev–Trinajstić information content (AvgIpc) is 2.85. The third-order valence-corrected chi connectivity index (χ3v) is 5.79. The number of aromatic nitrogens is 1. The van der Waals surface area contributed by atoms with E-state index in [-0.39, 0.29) is 16.8 Å². The summed E-state index contributed by atoms with van der Waals surface area (Å²) in [5, 5.41) is 23.3. The van der Waals surface area contributed by atoms with Gasteiger partial charge in [-0.05, 0) is 0 Å². The van der Waals surface area contributed by atoms with Gasteiger partial charge in [0.2, 0.25) is 0 Å². The van der Waals surface area contributed by atoms with Crippen LogP contribution >= 0.6 is 0 Å². The van der Waals surface area contributed by atoms with Crippen LogP contribution in [0, 0.1) is 10.1 Å². The van der Waals surface area contributed by atoms with E-state index in [4.69, 9.17) is 9.84 Å². The number of ether oxygens (including phenoxy) is 1. The molecule has 1 saturated heterocycles. The molecule has 1 fully saturated rings. The molecule has 2 heterocycles. The molecule has 1 amide bonds. The van der Waals surface area contributed by atoms with Gasteiger partial charge in [-0.1, -0.05) is 12.1 Å². The fourth-order valence-corrected chi connectivity index (χ4v) is 4.01. The zero-order chi connectivity index (χ0) is 25.5. The number of piperazine rings is 1. The third-order valence-electron chi connectivity index (χ3n) is 5.79. The SMILES string of the molecule is COCCN1CCN(c2c(C(=O)NC(CC(=O)O)C(=O)CF)cnc3c([N+](=O)[O-])cccc23)CC1. The molecule has 0 saturated carbocycles. The Morgan fingerprint density at radius 2 is 2.00 bits per heavy atom. The number of para-hydroxylation sites is 1. The molecule has 0 bridgehead atoms. The van der Waals surface area contributed by atoms with E-state index in [0.717, 1.165) is 12.7 Å². The second-order valence-corrected chi connectivity index (χ2v) is 8.00. The molecule has 1 atom stereocenters. The van der Waals surface area contributed by atoms with Crippen LogP contribution in [0.2, 0.25) is 0 Å². The number of carboxylic acid groups (broad SMARTS) is 1. The van der Waals surface area contributed by atoms with Crippen LogP contribution in [0.5, 0.6) is 0 Å². The number of nitro groups is 1. The quantitative estimate of drug-likeness (QED) is 0.344. The number of anilines is 1. The third kappa shape index (κ3) is 6.05. The number of ketones is 1. The first-order valence-corrected chi connectivity index (χ1v) is 10.9. The summed E-state index contributed by atoms with van der Waals surface area (Å²) in [7, 11) is 1.61. The zero-order valence-corrected chi connectivity index (χ0v) is 19.1. The minimum Gasteiger partial charge on any atom is -0.481 e. The lowest BCUT2D eigenvalue weighted by Crippen LogP contribution is -2.48. The normalized spacial score (nSPS) is 15.1. The van der Waals surface area contributed by atoms with Crippen molar-refractivity contribution < 1.29 is 33.5 Å². The molecule has 0 aliphatic carbocycles. The molecular weight excluding hydrogens is 465 g/mol. The number of rotatable bonds is 11. The molecule has 12 nitrogen and oxygen atoms in total. The standard InChI is InChI=1S/C22H26FN5O7/c1-35-10-9-26-5-7-27(8-6-26)21-14-3-2-4-17(28(33)34)20(14)24-13-15(21)22(32)25-16(11-19(30)31)18(29)12-23/h2-4,13,16H,5-12H2,1H3,(H,25,32)(H,30,31). The molecule has 1 aromatic carbocycles. The van der Waals surface area contributed by atoms with Crippen LogP contribution in [0.4, 0.5) is 15.8 Å². The van der Waals surface area contributed by atoms with E-state index >= 15 is 0 Å². The number of nitrogens with one attached hydrogen (secondary N) is 1. The van der Waals surface area contributed by atoms with Gasteiger partial charge in [0.05, 0.1) is 29.2 Å². The van der Waals surface area contributed by atoms with Gasteiger partial charge in [-0.2, -0.15) is 0 Å². The van der Waals surface area contributed by atoms with Gasteiger partial charge in [0.25, 0.3) is 11.6 Å². The Morgan fingerprint density at radius 3 is 2.60 bits per heavy atom. The Bertz CT molecular complexity index is 1120. The largest absolute Gasteiger partial charge is 0.481 e. The highest BCUT2D eigenvalue weighted by Crippen LogP contribution is 2.34. The lowest BCUT2D eigenvalue weighted by molar-refractivity contribution is -0.383. The average molecular weight is 491 g/mol. The maximum atomic E-state index is 13.2. The Hall–Kier alpha value is -3.71. The minimum absolute atomic E-state index is 0.00499. The predicted octanol–water partition coefficient (Wildman–Crippen LogP) is 1.02. The van der Waals surface area contributed by atoms with E-state index in [1.807, 2.05) is 4.90 Å². The van der Waals surface area contributed by atoms with Crippen LogP contribution < -0.4 is 10.2 Å². The first-order valence-electron chi connectivity index (χ1n) is 10.9. The number of nitrogens with zero attached hydrogens (tertiary/aromatic N) is 4. The molecule has 35 heavy (non-hydrogen) atoms. The number of methoxy groups -OCH3 is 1. The van der Waals surface area contributed by atoms with Crippen LogP contribution in [0.3, 0.4) is 0 Å². The molecule has 1 aliphatic heterocycles. The summed E-state index contributed by atoms with van der Waals surface area (Å²) in [6, 6.07) is 2.84. The number of fused-ring (bicyclic) bond motifs is 1. The van der Waals surface area contributed by atoms with Crippen molar-refractivity contribution in [2.45, 2.75) is 12.5 Å². The number of carboxylic acids is 1. The van der Waals surface area contributed by atoms with Gasteiger partial charge in [-0.15, -0.1) is 0 Å². The van der Waals surface area contributed by atoms with Gasteiger partial charge in [-0.3, -0.25) is 29.4 Å². The Labute approximate surface area is 199 Å². The number of carbonyl (C=O) groups is 3. The summed E-state index contributed by atoms with van der Waals surface area (Å²) in [6.07, 6.45) is 0.379. The highest BCUT2D eigenvalue weighted by molar-refractivity contribution is 6.10. The van der Waals surface area contributed by atoms with Crippen molar-refractivity contribution >= 4 is 39.9 Å². The number of halogens is 1. The number of aliphatic carboxylic acids is 1. The van der Waals surface area contributed by atoms with Gasteiger partial charge in [-0.25, -0.2) is 9.37 Å². The molecule has 13 heteroatoms. The number of carbonyl (C=O) groups excluding carboxylic acids is 2. The zero-order valence-electron chi connectivity index (χ0n) is 19.1. The summed E-state index contributed by atoms with van der Waals surface area (Å²) in [5.41, 5.74) is 0.244. The van der Waals surface area contributed by atoms with Crippen LogP contribution in [-0.4, -0.2) is 96.7 Å². The fraction of sp³-hybridized carbons (Fsp3) is 0.455. The molecule has 3 rings (SSSR count). The van der Waals surface area contributed by atoms with Crippen molar-refractivity contribution in [3.63, 3.8) is 0 Å². The van der Waals surface area contributed by atoms with Crippen LogP contribution in [-0.2, 0) is 14.3 Å². The number of benzene rings is 1. The lowest BCUT2D eigenvalue weighted by Gasteiger charge is -2.37. The van der Waals surface area contributed by atoms with Crippen molar-refractivity contribution in [3.8, 4) is 0 Å². The Kier molecular flexibility index (Phi) is 8.60. The number of pyridine rings is 1. The van der Waals surface area contributed by atoms with Crippen molar-refractivity contribution in [3.05, 3.63) is 40.1 Å². The van der Waals surface area contributed by atoms with Gasteiger partial charge >= 0.3 is 5.97 Å². The summed E-state index contributed by atoms with van der Waals surface area (Å²) in [6.45, 7) is 2.13. The minimum atomic E-state index is -1.57. The molecule has 1 aromatic heterocycles. The molecule has 2 N–H and O–H groups in total. The van der Waals surface area contributed by atoms with Crippen LogP contribution in [0.25, 0.3) is 10.9 Å².